The number of thioether (sulfide) groups is 1. The summed E-state index contributed by atoms with van der Waals surface area (Å²) in [6, 6.07) is 15.2. The van der Waals surface area contributed by atoms with E-state index in [9.17, 15) is 4.79 Å². The minimum atomic E-state index is 0.0312. The number of benzene rings is 2. The molecule has 0 atom stereocenters. The van der Waals surface area contributed by atoms with Gasteiger partial charge in [0.2, 0.25) is 0 Å². The minimum absolute atomic E-state index is 0.0312. The maximum Gasteiger partial charge on any atom is 0.191 e. The molecule has 0 saturated carbocycles. The van der Waals surface area contributed by atoms with E-state index < -0.39 is 0 Å². The quantitative estimate of drug-likeness (QED) is 0.381. The number of carbonyl (C=O) groups excluding carboxylic acids is 1. The maximum absolute atomic E-state index is 12.4. The number of hydrogen-bond donors (Lipinski definition) is 0. The van der Waals surface area contributed by atoms with E-state index in [1.165, 1.54) is 17.3 Å². The van der Waals surface area contributed by atoms with Crippen molar-refractivity contribution < 1.29 is 14.3 Å². The number of carbonyl (C=O) groups is 1. The monoisotopic (exact) mass is 411 g/mol. The molecule has 0 aliphatic heterocycles. The van der Waals surface area contributed by atoms with Crippen LogP contribution in [0.4, 0.5) is 0 Å². The molecule has 152 valence electrons. The van der Waals surface area contributed by atoms with Gasteiger partial charge in [0.25, 0.3) is 0 Å². The predicted octanol–water partition coefficient (Wildman–Crippen LogP) is 4.50. The Bertz CT molecular complexity index is 950. The van der Waals surface area contributed by atoms with E-state index in [-0.39, 0.29) is 11.5 Å². The molecule has 0 radical (unpaired) electrons. The van der Waals surface area contributed by atoms with Crippen molar-refractivity contribution in [1.29, 1.82) is 0 Å². The average molecular weight is 412 g/mol. The fourth-order valence-electron chi connectivity index (χ4n) is 2.68. The van der Waals surface area contributed by atoms with Crippen LogP contribution < -0.4 is 9.47 Å². The van der Waals surface area contributed by atoms with Crippen LogP contribution in [-0.4, -0.2) is 33.4 Å². The van der Waals surface area contributed by atoms with Gasteiger partial charge in [0, 0.05) is 12.6 Å². The highest BCUT2D eigenvalue weighted by molar-refractivity contribution is 7.99. The molecule has 0 fully saturated rings. The second-order valence-electron chi connectivity index (χ2n) is 6.91. The molecule has 0 bridgehead atoms. The number of rotatable bonds is 9. The third kappa shape index (κ3) is 5.38. The van der Waals surface area contributed by atoms with Crippen molar-refractivity contribution in [2.24, 2.45) is 7.05 Å². The molecule has 1 aromatic heterocycles. The summed E-state index contributed by atoms with van der Waals surface area (Å²) in [4.78, 5) is 12.4. The third-order valence-corrected chi connectivity index (χ3v) is 5.60. The number of aromatic nitrogens is 3. The Morgan fingerprint density at radius 2 is 1.69 bits per heavy atom. The van der Waals surface area contributed by atoms with Crippen molar-refractivity contribution >= 4 is 17.5 Å². The van der Waals surface area contributed by atoms with Crippen LogP contribution >= 0.6 is 11.8 Å². The van der Waals surface area contributed by atoms with Gasteiger partial charge in [-0.05, 0) is 47.9 Å². The highest BCUT2D eigenvalue weighted by Crippen LogP contribution is 2.21. The van der Waals surface area contributed by atoms with Gasteiger partial charge >= 0.3 is 0 Å². The molecule has 0 unspecified atom stereocenters. The number of Topliss-reactive ketones (excluding diaryl/α,β-unsaturated/α-hetero) is 1. The zero-order chi connectivity index (χ0) is 20.8. The van der Waals surface area contributed by atoms with Crippen LogP contribution in [0.25, 0.3) is 0 Å². The second-order valence-corrected chi connectivity index (χ2v) is 7.85. The Kier molecular flexibility index (Phi) is 6.93. The van der Waals surface area contributed by atoms with Crippen LogP contribution in [0.5, 0.6) is 11.5 Å². The summed E-state index contributed by atoms with van der Waals surface area (Å²) < 4.78 is 12.8. The molecule has 3 rings (SSSR count). The molecular weight excluding hydrogens is 386 g/mol. The number of ether oxygens (including phenoxy) is 2. The first-order valence-corrected chi connectivity index (χ1v) is 10.4. The molecule has 29 heavy (non-hydrogen) atoms. The summed E-state index contributed by atoms with van der Waals surface area (Å²) in [6.07, 6.45) is 0. The van der Waals surface area contributed by atoms with E-state index in [1.54, 1.807) is 31.4 Å². The summed E-state index contributed by atoms with van der Waals surface area (Å²) >= 11 is 1.36. The molecule has 0 amide bonds. The Morgan fingerprint density at radius 3 is 2.31 bits per heavy atom. The van der Waals surface area contributed by atoms with Crippen molar-refractivity contribution in [3.63, 3.8) is 0 Å². The zero-order valence-electron chi connectivity index (χ0n) is 17.1. The highest BCUT2D eigenvalue weighted by atomic mass is 32.2. The first-order valence-electron chi connectivity index (χ1n) is 9.39. The third-order valence-electron chi connectivity index (χ3n) is 4.58. The Morgan fingerprint density at radius 1 is 1.03 bits per heavy atom. The molecule has 7 heteroatoms. The molecule has 0 spiro atoms. The van der Waals surface area contributed by atoms with Gasteiger partial charge in [-0.3, -0.25) is 4.79 Å². The Labute approximate surface area is 175 Å². The lowest BCUT2D eigenvalue weighted by molar-refractivity contribution is 0.102. The van der Waals surface area contributed by atoms with Crippen molar-refractivity contribution in [2.45, 2.75) is 31.5 Å². The van der Waals surface area contributed by atoms with Crippen LogP contribution in [0.1, 0.15) is 41.5 Å². The largest absolute Gasteiger partial charge is 0.497 e. The van der Waals surface area contributed by atoms with E-state index in [1.807, 2.05) is 23.7 Å². The van der Waals surface area contributed by atoms with Crippen molar-refractivity contribution in [2.75, 3.05) is 12.9 Å². The van der Waals surface area contributed by atoms with E-state index >= 15 is 0 Å². The molecule has 0 aliphatic carbocycles. The average Bonchev–Trinajstić information content (AvgIpc) is 3.10. The first-order chi connectivity index (χ1) is 14.0. The van der Waals surface area contributed by atoms with Gasteiger partial charge < -0.3 is 14.0 Å². The van der Waals surface area contributed by atoms with Crippen LogP contribution in [-0.2, 0) is 13.7 Å². The summed E-state index contributed by atoms with van der Waals surface area (Å²) in [5, 5.41) is 9.05. The Balaban J connectivity index is 1.55. The zero-order valence-corrected chi connectivity index (χ0v) is 17.9. The molecule has 2 aromatic carbocycles. The number of ketones is 1. The molecular formula is C22H25N3O3S. The van der Waals surface area contributed by atoms with E-state index in [2.05, 4.69) is 36.2 Å². The van der Waals surface area contributed by atoms with Gasteiger partial charge in [-0.15, -0.1) is 10.2 Å². The standard InChI is InChI=1S/C22H25N3O3S/c1-15(2)16-5-11-19(12-6-16)28-13-21-23-24-22(25(21)3)29-14-20(26)17-7-9-18(27-4)10-8-17/h5-12,15H,13-14H2,1-4H3. The normalized spacial score (nSPS) is 10.9. The highest BCUT2D eigenvalue weighted by Gasteiger charge is 2.13. The summed E-state index contributed by atoms with van der Waals surface area (Å²) in [5.41, 5.74) is 1.92. The molecule has 6 nitrogen and oxygen atoms in total. The van der Waals surface area contributed by atoms with E-state index in [0.29, 0.717) is 29.1 Å². The lowest BCUT2D eigenvalue weighted by Crippen LogP contribution is -2.06. The predicted molar refractivity (Wildman–Crippen MR) is 114 cm³/mol. The number of methoxy groups -OCH3 is 1. The maximum atomic E-state index is 12.4. The molecule has 1 heterocycles. The van der Waals surface area contributed by atoms with E-state index in [0.717, 1.165) is 11.5 Å². The van der Waals surface area contributed by atoms with Gasteiger partial charge in [0.1, 0.15) is 18.1 Å². The van der Waals surface area contributed by atoms with Gasteiger partial charge in [0.05, 0.1) is 12.9 Å². The van der Waals surface area contributed by atoms with Gasteiger partial charge in [-0.25, -0.2) is 0 Å². The Hall–Kier alpha value is -2.80. The topological polar surface area (TPSA) is 66.2 Å². The van der Waals surface area contributed by atoms with Crippen LogP contribution in [0.15, 0.2) is 53.7 Å². The fraction of sp³-hybridized carbons (Fsp3) is 0.318. The van der Waals surface area contributed by atoms with Crippen LogP contribution in [0, 0.1) is 0 Å². The summed E-state index contributed by atoms with van der Waals surface area (Å²) in [6.45, 7) is 4.64. The van der Waals surface area contributed by atoms with Gasteiger partial charge in [-0.1, -0.05) is 37.7 Å². The lowest BCUT2D eigenvalue weighted by atomic mass is 10.0. The molecule has 0 N–H and O–H groups in total. The lowest BCUT2D eigenvalue weighted by Gasteiger charge is -2.09. The minimum Gasteiger partial charge on any atom is -0.497 e. The SMILES string of the molecule is COc1ccc(C(=O)CSc2nnc(COc3ccc(C(C)C)cc3)n2C)cc1. The molecule has 0 aliphatic rings. The van der Waals surface area contributed by atoms with Crippen molar-refractivity contribution in [3.8, 4) is 11.5 Å². The summed E-state index contributed by atoms with van der Waals surface area (Å²) in [7, 11) is 3.48. The van der Waals surface area contributed by atoms with E-state index in [4.69, 9.17) is 9.47 Å². The molecule has 0 saturated heterocycles. The number of nitrogens with zero attached hydrogens (tertiary/aromatic N) is 3. The van der Waals surface area contributed by atoms with Crippen LogP contribution in [0.3, 0.4) is 0 Å². The number of hydrogen-bond acceptors (Lipinski definition) is 6. The summed E-state index contributed by atoms with van der Waals surface area (Å²) in [5.74, 6) is 3.03. The van der Waals surface area contributed by atoms with Gasteiger partial charge in [0.15, 0.2) is 16.8 Å². The molecule has 3 aromatic rings. The second kappa shape index (κ2) is 9.60. The van der Waals surface area contributed by atoms with Crippen LogP contribution in [0.2, 0.25) is 0 Å². The fourth-order valence-corrected chi connectivity index (χ4v) is 3.51. The van der Waals surface area contributed by atoms with Gasteiger partial charge in [-0.2, -0.15) is 0 Å². The van der Waals surface area contributed by atoms with Crippen molar-refractivity contribution in [3.05, 3.63) is 65.5 Å². The first kappa shape index (κ1) is 20.9. The van der Waals surface area contributed by atoms with Crippen molar-refractivity contribution in [1.82, 2.24) is 14.8 Å². The smallest absolute Gasteiger partial charge is 0.191 e.